The first-order valence-electron chi connectivity index (χ1n) is 26.2. The van der Waals surface area contributed by atoms with E-state index in [1.807, 2.05) is 11.8 Å². The summed E-state index contributed by atoms with van der Waals surface area (Å²) in [6.07, 6.45) is 0. The zero-order valence-corrected chi connectivity index (χ0v) is 46.7. The molecule has 0 fully saturated rings. The lowest BCUT2D eigenvalue weighted by Crippen LogP contribution is -2.55. The van der Waals surface area contributed by atoms with E-state index in [0.717, 1.165) is 0 Å². The summed E-state index contributed by atoms with van der Waals surface area (Å²) >= 11 is 1.90. The molecule has 73 heavy (non-hydrogen) atoms. The number of benzene rings is 9. The van der Waals surface area contributed by atoms with Crippen molar-refractivity contribution in [1.82, 2.24) is 0 Å². The summed E-state index contributed by atoms with van der Waals surface area (Å²) in [5.74, 6) is 0. The molecule has 1 aliphatic heterocycles. The van der Waals surface area contributed by atoms with E-state index in [1.54, 1.807) is 0 Å². The lowest BCUT2D eigenvalue weighted by molar-refractivity contribution is 1.13. The van der Waals surface area contributed by atoms with Crippen molar-refractivity contribution >= 4 is 75.0 Å². The predicted octanol–water partition coefficient (Wildman–Crippen LogP) is 14.6. The Hall–Kier alpha value is -6.74. The van der Waals surface area contributed by atoms with Gasteiger partial charge in [-0.05, 0) is 162 Å². The van der Waals surface area contributed by atoms with Crippen LogP contribution in [0.15, 0.2) is 155 Å². The van der Waals surface area contributed by atoms with Gasteiger partial charge in [-0.15, -0.1) is 0 Å². The van der Waals surface area contributed by atoms with Crippen molar-refractivity contribution in [3.8, 4) is 22.3 Å². The van der Waals surface area contributed by atoms with Crippen LogP contribution in [-0.2, 0) is 0 Å². The number of aryl methyl sites for hydroxylation is 15. The van der Waals surface area contributed by atoms with E-state index in [1.165, 1.54) is 165 Å². The zero-order valence-electron chi connectivity index (χ0n) is 45.9. The fourth-order valence-electron chi connectivity index (χ4n) is 13.3. The highest BCUT2D eigenvalue weighted by atomic mass is 32.2. The molecule has 0 bridgehead atoms. The van der Waals surface area contributed by atoms with Crippen molar-refractivity contribution in [2.45, 2.75) is 114 Å². The first-order chi connectivity index (χ1) is 34.8. The van der Waals surface area contributed by atoms with Gasteiger partial charge in [0.25, 0.3) is 0 Å². The first-order valence-corrected chi connectivity index (χ1v) is 27.0. The first kappa shape index (κ1) is 49.8. The van der Waals surface area contributed by atoms with Gasteiger partial charge in [0.1, 0.15) is 0 Å². The second-order valence-electron chi connectivity index (χ2n) is 21.9. The van der Waals surface area contributed by atoms with Crippen LogP contribution in [0.5, 0.6) is 0 Å². The predicted molar refractivity (Wildman–Crippen MR) is 322 cm³/mol. The fourth-order valence-corrected chi connectivity index (χ4v) is 14.4. The van der Waals surface area contributed by atoms with Gasteiger partial charge in [-0.3, -0.25) is 0 Å². The molecule has 1 aliphatic rings. The van der Waals surface area contributed by atoms with E-state index in [0.29, 0.717) is 0 Å². The third-order valence-electron chi connectivity index (χ3n) is 15.7. The van der Waals surface area contributed by atoms with E-state index < -0.39 is 0 Å². The van der Waals surface area contributed by atoms with Crippen LogP contribution < -0.4 is 37.7 Å². The number of nitrogens with zero attached hydrogens (tertiary/aromatic N) is 1. The second kappa shape index (κ2) is 19.6. The highest BCUT2D eigenvalue weighted by molar-refractivity contribution is 7.99. The molecule has 0 unspecified atom stereocenters. The molecule has 0 saturated heterocycles. The molecule has 1 nitrogen and oxygen atoms in total. The molecule has 362 valence electrons. The monoisotopic (exact) mass is 966 g/mol. The van der Waals surface area contributed by atoms with Crippen LogP contribution in [-0.4, -0.2) is 13.4 Å². The van der Waals surface area contributed by atoms with Crippen molar-refractivity contribution in [2.24, 2.45) is 0 Å². The quantitative estimate of drug-likeness (QED) is 0.133. The Morgan fingerprint density at radius 3 is 0.863 bits per heavy atom. The van der Waals surface area contributed by atoms with Crippen LogP contribution in [0, 0.1) is 104 Å². The largest absolute Gasteiger partial charge is 0.308 e. The molecule has 0 aliphatic carbocycles. The minimum absolute atomic E-state index is 0.102. The highest BCUT2D eigenvalue weighted by Crippen LogP contribution is 2.54. The molecular formula is C69H69B2NS. The number of rotatable bonds is 9. The molecule has 9 aromatic rings. The average Bonchev–Trinajstić information content (AvgIpc) is 3.31. The Bertz CT molecular complexity index is 3250. The molecule has 1 heterocycles. The van der Waals surface area contributed by atoms with Crippen molar-refractivity contribution in [2.75, 3.05) is 4.90 Å². The van der Waals surface area contributed by atoms with Gasteiger partial charge < -0.3 is 4.90 Å². The van der Waals surface area contributed by atoms with Gasteiger partial charge in [-0.25, -0.2) is 0 Å². The Morgan fingerprint density at radius 2 is 0.562 bits per heavy atom. The summed E-state index contributed by atoms with van der Waals surface area (Å²) in [5.41, 5.74) is 36.7. The van der Waals surface area contributed by atoms with Gasteiger partial charge in [0.05, 0.1) is 17.1 Å². The Kier molecular flexibility index (Phi) is 13.4. The Morgan fingerprint density at radius 1 is 0.288 bits per heavy atom. The zero-order chi connectivity index (χ0) is 51.7. The van der Waals surface area contributed by atoms with Crippen molar-refractivity contribution in [1.29, 1.82) is 0 Å². The van der Waals surface area contributed by atoms with Crippen LogP contribution in [0.2, 0.25) is 0 Å². The van der Waals surface area contributed by atoms with E-state index in [2.05, 4.69) is 254 Å². The van der Waals surface area contributed by atoms with Gasteiger partial charge >= 0.3 is 0 Å². The molecule has 0 atom stereocenters. The smallest absolute Gasteiger partial charge is 0.242 e. The molecule has 0 saturated carbocycles. The lowest BCUT2D eigenvalue weighted by Gasteiger charge is -2.35. The van der Waals surface area contributed by atoms with Crippen LogP contribution in [0.1, 0.15) is 83.5 Å². The Labute approximate surface area is 442 Å². The second-order valence-corrected chi connectivity index (χ2v) is 23.0. The molecule has 10 rings (SSSR count). The van der Waals surface area contributed by atoms with E-state index >= 15 is 0 Å². The van der Waals surface area contributed by atoms with Gasteiger partial charge in [0.15, 0.2) is 0 Å². The normalized spacial score (nSPS) is 12.0. The number of hydrogen-bond acceptors (Lipinski definition) is 2. The van der Waals surface area contributed by atoms with Crippen LogP contribution in [0.25, 0.3) is 22.3 Å². The van der Waals surface area contributed by atoms with E-state index in [4.69, 9.17) is 0 Å². The van der Waals surface area contributed by atoms with Crippen LogP contribution in [0.3, 0.4) is 0 Å². The average molecular weight is 966 g/mol. The number of hydrogen-bond donors (Lipinski definition) is 0. The summed E-state index contributed by atoms with van der Waals surface area (Å²) < 4.78 is 0. The summed E-state index contributed by atoms with van der Waals surface area (Å²) in [5, 5.41) is 0. The third kappa shape index (κ3) is 9.34. The summed E-state index contributed by atoms with van der Waals surface area (Å²) in [6.45, 7) is 34.2. The number of fused-ring (bicyclic) bond motifs is 2. The minimum atomic E-state index is 0.102. The van der Waals surface area contributed by atoms with Crippen molar-refractivity contribution in [3.05, 3.63) is 229 Å². The summed E-state index contributed by atoms with van der Waals surface area (Å²) in [4.78, 5) is 5.04. The topological polar surface area (TPSA) is 3.24 Å². The van der Waals surface area contributed by atoms with Crippen LogP contribution >= 0.6 is 11.8 Å². The van der Waals surface area contributed by atoms with Gasteiger partial charge in [-0.2, -0.15) is 0 Å². The molecule has 0 aromatic heterocycles. The van der Waals surface area contributed by atoms with Crippen molar-refractivity contribution in [3.63, 3.8) is 0 Å². The van der Waals surface area contributed by atoms with Gasteiger partial charge in [0.2, 0.25) is 13.4 Å². The maximum absolute atomic E-state index is 2.54. The summed E-state index contributed by atoms with van der Waals surface area (Å²) in [7, 11) is 0. The van der Waals surface area contributed by atoms with Crippen LogP contribution in [0.4, 0.5) is 17.1 Å². The van der Waals surface area contributed by atoms with Gasteiger partial charge in [0, 0.05) is 9.79 Å². The van der Waals surface area contributed by atoms with E-state index in [-0.39, 0.29) is 13.4 Å². The fraction of sp³-hybridized carbons (Fsp3) is 0.217. The van der Waals surface area contributed by atoms with Crippen molar-refractivity contribution < 1.29 is 0 Å². The molecule has 4 heteroatoms. The summed E-state index contributed by atoms with van der Waals surface area (Å²) in [6, 6.07) is 56.7. The lowest BCUT2D eigenvalue weighted by atomic mass is 9.34. The Balaban J connectivity index is 1.11. The third-order valence-corrected chi connectivity index (χ3v) is 16.8. The standard InChI is InChI=1S/C69H69B2NS/c1-40-26-45(6)65(46(7)27-40)70(66-47(8)28-41(2)29-48(66)9)59-20-16-18-55(36-59)57-22-24-61-63(38-57)73-64-39-58(23-25-62(64)72(61)69-53(14)34-44(5)35-54(69)15)56-19-17-21-60(37-56)71(67-49(10)30-42(3)31-50(67)11)68-51(12)32-43(4)33-52(68)13/h16-39H,1-15H3. The maximum atomic E-state index is 2.54. The number of anilines is 3. The molecule has 0 N–H and O–H groups in total. The molecule has 0 spiro atoms. The highest BCUT2D eigenvalue weighted by Gasteiger charge is 2.32. The SMILES string of the molecule is Cc1cc(C)c(B(c2cccc(-c3ccc4c(c3)Sc3cc(-c5cccc(B(c6c(C)cc(C)cc6C)c6c(C)cc(C)cc6C)c5)ccc3N4c3c(C)cc(C)cc3C)c2)c2c(C)cc(C)cc2C)c(C)c1. The molecule has 0 amide bonds. The molecule has 9 aromatic carbocycles. The molecular weight excluding hydrogens is 896 g/mol. The minimum Gasteiger partial charge on any atom is -0.308 e. The maximum Gasteiger partial charge on any atom is 0.242 e. The molecule has 0 radical (unpaired) electrons. The van der Waals surface area contributed by atoms with E-state index in [9.17, 15) is 0 Å². The van der Waals surface area contributed by atoms with Gasteiger partial charge in [-0.1, -0.05) is 238 Å².